The van der Waals surface area contributed by atoms with E-state index in [1.54, 1.807) is 18.6 Å². The van der Waals surface area contributed by atoms with Crippen LogP contribution in [0.5, 0.6) is 0 Å². The molecular weight excluding hydrogens is 326 g/mol. The normalized spacial score (nSPS) is 10.6. The van der Waals surface area contributed by atoms with Crippen LogP contribution >= 0.6 is 0 Å². The van der Waals surface area contributed by atoms with Gasteiger partial charge in [-0.1, -0.05) is 18.2 Å². The lowest BCUT2D eigenvalue weighted by atomic mass is 10.1. The summed E-state index contributed by atoms with van der Waals surface area (Å²) in [6.45, 7) is 0.580. The molecule has 3 heterocycles. The fourth-order valence-electron chi connectivity index (χ4n) is 2.58. The summed E-state index contributed by atoms with van der Waals surface area (Å²) in [7, 11) is 0. The van der Waals surface area contributed by atoms with Crippen molar-refractivity contribution in [1.82, 2.24) is 19.9 Å². The Morgan fingerprint density at radius 3 is 2.69 bits per heavy atom. The molecule has 0 radical (unpaired) electrons. The lowest BCUT2D eigenvalue weighted by Gasteiger charge is -2.11. The van der Waals surface area contributed by atoms with Crippen molar-refractivity contribution in [2.75, 3.05) is 16.4 Å². The highest BCUT2D eigenvalue weighted by Crippen LogP contribution is 2.19. The standard InChI is InChI=1S/C19H17N7/c20-18-19(26-17(12-23-18)25-16-5-1-2-8-22-16)24-11-13-6-7-15-14(10-13)4-3-9-21-15/h1-10,12H,11H2,(H2,20,23)(H2,22,24,25,26). The number of hydrogen-bond acceptors (Lipinski definition) is 7. The fourth-order valence-corrected chi connectivity index (χ4v) is 2.58. The molecule has 0 atom stereocenters. The molecule has 0 bridgehead atoms. The van der Waals surface area contributed by atoms with Crippen LogP contribution in [0.1, 0.15) is 5.56 Å². The maximum atomic E-state index is 5.95. The minimum atomic E-state index is 0.346. The predicted octanol–water partition coefficient (Wildman–Crippen LogP) is 3.36. The summed E-state index contributed by atoms with van der Waals surface area (Å²) < 4.78 is 0. The van der Waals surface area contributed by atoms with Crippen molar-refractivity contribution in [3.8, 4) is 0 Å². The molecule has 4 aromatic rings. The summed E-state index contributed by atoms with van der Waals surface area (Å²) >= 11 is 0. The Hall–Kier alpha value is -3.74. The number of benzene rings is 1. The van der Waals surface area contributed by atoms with Crippen LogP contribution < -0.4 is 16.4 Å². The zero-order valence-electron chi connectivity index (χ0n) is 13.9. The highest BCUT2D eigenvalue weighted by atomic mass is 15.1. The first kappa shape index (κ1) is 15.8. The fraction of sp³-hybridized carbons (Fsp3) is 0.0526. The van der Waals surface area contributed by atoms with Gasteiger partial charge in [-0.2, -0.15) is 0 Å². The van der Waals surface area contributed by atoms with Gasteiger partial charge in [0.2, 0.25) is 0 Å². The Bertz CT molecular complexity index is 1030. The van der Waals surface area contributed by atoms with Gasteiger partial charge in [0.25, 0.3) is 0 Å². The number of fused-ring (bicyclic) bond motifs is 1. The Morgan fingerprint density at radius 2 is 1.81 bits per heavy atom. The number of nitrogens with one attached hydrogen (secondary N) is 2. The second-order valence-electron chi connectivity index (χ2n) is 5.71. The van der Waals surface area contributed by atoms with Gasteiger partial charge in [0.05, 0.1) is 11.7 Å². The Morgan fingerprint density at radius 1 is 0.885 bits per heavy atom. The van der Waals surface area contributed by atoms with Gasteiger partial charge in [0.15, 0.2) is 17.5 Å². The zero-order chi connectivity index (χ0) is 17.8. The number of nitrogens with two attached hydrogens (primary N) is 1. The summed E-state index contributed by atoms with van der Waals surface area (Å²) in [4.78, 5) is 17.2. The van der Waals surface area contributed by atoms with Crippen LogP contribution in [0.3, 0.4) is 0 Å². The molecule has 128 valence electrons. The van der Waals surface area contributed by atoms with E-state index in [1.807, 2.05) is 42.5 Å². The van der Waals surface area contributed by atoms with Gasteiger partial charge in [0, 0.05) is 24.3 Å². The van der Waals surface area contributed by atoms with Crippen molar-refractivity contribution in [3.05, 3.63) is 72.7 Å². The average Bonchev–Trinajstić information content (AvgIpc) is 2.69. The van der Waals surface area contributed by atoms with E-state index < -0.39 is 0 Å². The molecule has 0 saturated heterocycles. The number of nitrogens with zero attached hydrogens (tertiary/aromatic N) is 4. The summed E-state index contributed by atoms with van der Waals surface area (Å²) in [5.74, 6) is 2.14. The molecular formula is C19H17N7. The largest absolute Gasteiger partial charge is 0.381 e. The molecule has 0 amide bonds. The van der Waals surface area contributed by atoms with Crippen LogP contribution in [0, 0.1) is 0 Å². The molecule has 4 rings (SSSR count). The molecule has 0 spiro atoms. The van der Waals surface area contributed by atoms with Crippen LogP contribution in [-0.2, 0) is 6.54 Å². The molecule has 1 aromatic carbocycles. The van der Waals surface area contributed by atoms with Crippen molar-refractivity contribution in [1.29, 1.82) is 0 Å². The number of pyridine rings is 2. The van der Waals surface area contributed by atoms with E-state index in [2.05, 4.69) is 36.6 Å². The van der Waals surface area contributed by atoms with Crippen LogP contribution in [-0.4, -0.2) is 19.9 Å². The van der Waals surface area contributed by atoms with Gasteiger partial charge in [-0.25, -0.2) is 15.0 Å². The van der Waals surface area contributed by atoms with E-state index in [4.69, 9.17) is 5.73 Å². The molecule has 0 fully saturated rings. The van der Waals surface area contributed by atoms with Crippen LogP contribution in [0.25, 0.3) is 10.9 Å². The molecule has 26 heavy (non-hydrogen) atoms. The third-order valence-corrected chi connectivity index (χ3v) is 3.85. The molecule has 7 heteroatoms. The second kappa shape index (κ2) is 7.02. The maximum Gasteiger partial charge on any atom is 0.171 e. The van der Waals surface area contributed by atoms with Crippen molar-refractivity contribution in [2.24, 2.45) is 0 Å². The number of anilines is 4. The average molecular weight is 343 g/mol. The monoisotopic (exact) mass is 343 g/mol. The summed E-state index contributed by atoms with van der Waals surface area (Å²) in [5.41, 5.74) is 8.02. The van der Waals surface area contributed by atoms with Gasteiger partial charge in [-0.05, 0) is 35.9 Å². The van der Waals surface area contributed by atoms with E-state index in [0.29, 0.717) is 29.8 Å². The van der Waals surface area contributed by atoms with Gasteiger partial charge in [-0.3, -0.25) is 4.98 Å². The number of nitrogen functional groups attached to an aromatic ring is 1. The lowest BCUT2D eigenvalue weighted by molar-refractivity contribution is 1.09. The number of hydrogen-bond donors (Lipinski definition) is 3. The molecule has 7 nitrogen and oxygen atoms in total. The van der Waals surface area contributed by atoms with Crippen LogP contribution in [0.15, 0.2) is 67.1 Å². The Balaban J connectivity index is 1.50. The SMILES string of the molecule is Nc1ncc(Nc2ccccn2)nc1NCc1ccc2ncccc2c1. The maximum absolute atomic E-state index is 5.95. The second-order valence-corrected chi connectivity index (χ2v) is 5.71. The highest BCUT2D eigenvalue weighted by molar-refractivity contribution is 5.79. The lowest BCUT2D eigenvalue weighted by Crippen LogP contribution is -2.08. The van der Waals surface area contributed by atoms with Crippen molar-refractivity contribution >= 4 is 34.2 Å². The Labute approximate surface area is 150 Å². The van der Waals surface area contributed by atoms with E-state index in [0.717, 1.165) is 16.5 Å². The molecule has 0 unspecified atom stereocenters. The molecule has 4 N–H and O–H groups in total. The third-order valence-electron chi connectivity index (χ3n) is 3.85. The molecule has 0 aliphatic rings. The van der Waals surface area contributed by atoms with Crippen LogP contribution in [0.4, 0.5) is 23.3 Å². The van der Waals surface area contributed by atoms with Crippen LogP contribution in [0.2, 0.25) is 0 Å². The van der Waals surface area contributed by atoms with Crippen molar-refractivity contribution < 1.29 is 0 Å². The molecule has 3 aromatic heterocycles. The van der Waals surface area contributed by atoms with Gasteiger partial charge in [-0.15, -0.1) is 0 Å². The number of aromatic nitrogens is 4. The van der Waals surface area contributed by atoms with E-state index >= 15 is 0 Å². The Kier molecular flexibility index (Phi) is 4.26. The topological polar surface area (TPSA) is 102 Å². The summed E-state index contributed by atoms with van der Waals surface area (Å²) in [5, 5.41) is 7.44. The molecule has 0 saturated carbocycles. The summed E-state index contributed by atoms with van der Waals surface area (Å²) in [6, 6.07) is 15.7. The van der Waals surface area contributed by atoms with Gasteiger partial charge >= 0.3 is 0 Å². The van der Waals surface area contributed by atoms with E-state index in [9.17, 15) is 0 Å². The highest BCUT2D eigenvalue weighted by Gasteiger charge is 2.06. The first-order valence-electron chi connectivity index (χ1n) is 8.16. The predicted molar refractivity (Wildman–Crippen MR) is 103 cm³/mol. The summed E-state index contributed by atoms with van der Waals surface area (Å²) in [6.07, 6.45) is 5.08. The minimum absolute atomic E-state index is 0.346. The van der Waals surface area contributed by atoms with Crippen molar-refractivity contribution in [3.63, 3.8) is 0 Å². The van der Waals surface area contributed by atoms with E-state index in [1.165, 1.54) is 0 Å². The third kappa shape index (κ3) is 3.51. The number of rotatable bonds is 5. The van der Waals surface area contributed by atoms with Gasteiger partial charge in [0.1, 0.15) is 5.82 Å². The first-order chi connectivity index (χ1) is 12.8. The molecule has 0 aliphatic heterocycles. The minimum Gasteiger partial charge on any atom is -0.381 e. The van der Waals surface area contributed by atoms with Gasteiger partial charge < -0.3 is 16.4 Å². The smallest absolute Gasteiger partial charge is 0.171 e. The first-order valence-corrected chi connectivity index (χ1v) is 8.16. The van der Waals surface area contributed by atoms with Crippen molar-refractivity contribution in [2.45, 2.75) is 6.54 Å². The van der Waals surface area contributed by atoms with E-state index in [-0.39, 0.29) is 0 Å². The zero-order valence-corrected chi connectivity index (χ0v) is 13.9. The quantitative estimate of drug-likeness (QED) is 0.510. The molecule has 0 aliphatic carbocycles.